The monoisotopic (exact) mass is 393 g/mol. The van der Waals surface area contributed by atoms with Crippen LogP contribution in [0.25, 0.3) is 5.69 Å². The number of hydrazone groups is 1. The van der Waals surface area contributed by atoms with Gasteiger partial charge in [-0.15, -0.1) is 0 Å². The van der Waals surface area contributed by atoms with Gasteiger partial charge in [0.2, 0.25) is 0 Å². The normalized spacial score (nSPS) is 11.1. The summed E-state index contributed by atoms with van der Waals surface area (Å²) in [5, 5.41) is 4.68. The molecule has 6 nitrogen and oxygen atoms in total. The van der Waals surface area contributed by atoms with Gasteiger partial charge in [-0.1, -0.05) is 29.5 Å². The number of benzene rings is 1. The molecule has 3 aromatic rings. The number of nitrogens with one attached hydrogen (secondary N) is 1. The molecular formula is C21H23N5OS. The quantitative estimate of drug-likeness (QED) is 0.300. The molecule has 0 aliphatic rings. The largest absolute Gasteiger partial charge is 0.318 e. The summed E-state index contributed by atoms with van der Waals surface area (Å²) in [6, 6.07) is 10.2. The lowest BCUT2D eigenvalue weighted by molar-refractivity contribution is -0.118. The van der Waals surface area contributed by atoms with Gasteiger partial charge in [-0.2, -0.15) is 5.10 Å². The van der Waals surface area contributed by atoms with Crippen LogP contribution >= 0.6 is 11.8 Å². The number of rotatable bonds is 6. The van der Waals surface area contributed by atoms with Crippen molar-refractivity contribution in [2.24, 2.45) is 5.10 Å². The fourth-order valence-electron chi connectivity index (χ4n) is 3.04. The van der Waals surface area contributed by atoms with E-state index in [-0.39, 0.29) is 11.7 Å². The molecule has 1 N–H and O–H groups in total. The average Bonchev–Trinajstić information content (AvgIpc) is 2.95. The van der Waals surface area contributed by atoms with E-state index in [0.29, 0.717) is 5.16 Å². The second kappa shape index (κ2) is 8.84. The lowest BCUT2D eigenvalue weighted by Crippen LogP contribution is -2.19. The van der Waals surface area contributed by atoms with Crippen LogP contribution in [-0.4, -0.2) is 32.4 Å². The molecule has 1 amide bonds. The molecule has 0 atom stereocenters. The second-order valence-electron chi connectivity index (χ2n) is 6.57. The zero-order valence-corrected chi connectivity index (χ0v) is 17.2. The van der Waals surface area contributed by atoms with Crippen LogP contribution in [0.3, 0.4) is 0 Å². The zero-order chi connectivity index (χ0) is 20.1. The van der Waals surface area contributed by atoms with Crippen molar-refractivity contribution in [1.29, 1.82) is 0 Å². The Morgan fingerprint density at radius 2 is 1.93 bits per heavy atom. The highest BCUT2D eigenvalue weighted by Crippen LogP contribution is 2.23. The van der Waals surface area contributed by atoms with Crippen LogP contribution in [-0.2, 0) is 4.79 Å². The highest BCUT2D eigenvalue weighted by molar-refractivity contribution is 7.99. The van der Waals surface area contributed by atoms with E-state index in [1.807, 2.05) is 0 Å². The van der Waals surface area contributed by atoms with Crippen LogP contribution in [0, 0.1) is 27.7 Å². The maximum Gasteiger partial charge on any atom is 0.250 e. The van der Waals surface area contributed by atoms with E-state index in [1.165, 1.54) is 22.9 Å². The highest BCUT2D eigenvalue weighted by atomic mass is 32.2. The van der Waals surface area contributed by atoms with Gasteiger partial charge < -0.3 is 4.57 Å². The van der Waals surface area contributed by atoms with Crippen molar-refractivity contribution in [3.8, 4) is 5.69 Å². The Labute approximate surface area is 169 Å². The number of amides is 1. The minimum Gasteiger partial charge on any atom is -0.318 e. The average molecular weight is 394 g/mol. The smallest absolute Gasteiger partial charge is 0.250 e. The molecule has 7 heteroatoms. The third-order valence-electron chi connectivity index (χ3n) is 4.33. The van der Waals surface area contributed by atoms with Crippen molar-refractivity contribution in [2.45, 2.75) is 32.9 Å². The molecule has 0 unspecified atom stereocenters. The fraction of sp³-hybridized carbons (Fsp3) is 0.238. The SMILES string of the molecule is Cc1ccc(-n2c(C)cc(C=NNC(=O)CSc3ncccn3)c2C)c(C)c1. The van der Waals surface area contributed by atoms with E-state index in [9.17, 15) is 4.79 Å². The van der Waals surface area contributed by atoms with Crippen LogP contribution in [0.1, 0.15) is 28.1 Å². The summed E-state index contributed by atoms with van der Waals surface area (Å²) in [7, 11) is 0. The van der Waals surface area contributed by atoms with Gasteiger partial charge in [-0.05, 0) is 51.5 Å². The fourth-order valence-corrected chi connectivity index (χ4v) is 3.64. The van der Waals surface area contributed by atoms with Crippen LogP contribution in [0.15, 0.2) is 53.0 Å². The number of nitrogens with zero attached hydrogens (tertiary/aromatic N) is 4. The third kappa shape index (κ3) is 4.67. The number of aromatic nitrogens is 3. The van der Waals surface area contributed by atoms with E-state index in [2.05, 4.69) is 77.0 Å². The number of carbonyl (C=O) groups excluding carboxylic acids is 1. The summed E-state index contributed by atoms with van der Waals surface area (Å²) < 4.78 is 2.21. The zero-order valence-electron chi connectivity index (χ0n) is 16.4. The highest BCUT2D eigenvalue weighted by Gasteiger charge is 2.11. The van der Waals surface area contributed by atoms with Gasteiger partial charge in [0.25, 0.3) is 5.91 Å². The van der Waals surface area contributed by atoms with Crippen molar-refractivity contribution >= 4 is 23.9 Å². The maximum absolute atomic E-state index is 12.0. The third-order valence-corrected chi connectivity index (χ3v) is 5.21. The maximum atomic E-state index is 12.0. The van der Waals surface area contributed by atoms with Crippen LogP contribution in [0.2, 0.25) is 0 Å². The van der Waals surface area contributed by atoms with Gasteiger partial charge >= 0.3 is 0 Å². The van der Waals surface area contributed by atoms with Gasteiger partial charge in [0, 0.05) is 35.0 Å². The predicted molar refractivity (Wildman–Crippen MR) is 113 cm³/mol. The standard InChI is InChI=1S/C21H23N5OS/c1-14-6-7-19(15(2)10-14)26-16(3)11-18(17(26)4)12-24-25-20(27)13-28-21-22-8-5-9-23-21/h5-12H,13H2,1-4H3,(H,25,27). The van der Waals surface area contributed by atoms with Gasteiger partial charge in [0.05, 0.1) is 12.0 Å². The molecule has 0 aliphatic carbocycles. The van der Waals surface area contributed by atoms with Crippen LogP contribution in [0.5, 0.6) is 0 Å². The predicted octanol–water partition coefficient (Wildman–Crippen LogP) is 3.74. The summed E-state index contributed by atoms with van der Waals surface area (Å²) in [4.78, 5) is 20.1. The van der Waals surface area contributed by atoms with E-state index in [1.54, 1.807) is 24.7 Å². The Morgan fingerprint density at radius 3 is 2.64 bits per heavy atom. The Morgan fingerprint density at radius 1 is 1.18 bits per heavy atom. The van der Waals surface area contributed by atoms with Gasteiger partial charge in [-0.25, -0.2) is 15.4 Å². The van der Waals surface area contributed by atoms with E-state index >= 15 is 0 Å². The van der Waals surface area contributed by atoms with Crippen molar-refractivity contribution in [2.75, 3.05) is 5.75 Å². The Hall–Kier alpha value is -2.93. The number of hydrogen-bond acceptors (Lipinski definition) is 5. The molecule has 0 saturated carbocycles. The first-order valence-electron chi connectivity index (χ1n) is 8.94. The van der Waals surface area contributed by atoms with Crippen molar-refractivity contribution in [3.05, 3.63) is 70.8 Å². The van der Waals surface area contributed by atoms with Crippen LogP contribution < -0.4 is 5.43 Å². The van der Waals surface area contributed by atoms with Crippen LogP contribution in [0.4, 0.5) is 0 Å². The molecule has 0 saturated heterocycles. The number of hydrogen-bond donors (Lipinski definition) is 1. The molecule has 144 valence electrons. The van der Waals surface area contributed by atoms with Gasteiger partial charge in [0.15, 0.2) is 5.16 Å². The molecule has 0 fully saturated rings. The summed E-state index contributed by atoms with van der Waals surface area (Å²) in [5.41, 5.74) is 9.35. The molecule has 0 aliphatic heterocycles. The Kier molecular flexibility index (Phi) is 6.26. The summed E-state index contributed by atoms with van der Waals surface area (Å²) in [6.07, 6.45) is 4.98. The van der Waals surface area contributed by atoms with Crippen molar-refractivity contribution < 1.29 is 4.79 Å². The molecular weight excluding hydrogens is 370 g/mol. The second-order valence-corrected chi connectivity index (χ2v) is 7.51. The molecule has 0 radical (unpaired) electrons. The summed E-state index contributed by atoms with van der Waals surface area (Å²) in [6.45, 7) is 8.33. The molecule has 0 bridgehead atoms. The minimum absolute atomic E-state index is 0.197. The van der Waals surface area contributed by atoms with Crippen molar-refractivity contribution in [1.82, 2.24) is 20.0 Å². The molecule has 0 spiro atoms. The first-order chi connectivity index (χ1) is 13.5. The Bertz CT molecular complexity index is 1010. The summed E-state index contributed by atoms with van der Waals surface area (Å²) >= 11 is 1.27. The molecule has 28 heavy (non-hydrogen) atoms. The van der Waals surface area contributed by atoms with E-state index < -0.39 is 0 Å². The van der Waals surface area contributed by atoms with Gasteiger partial charge in [-0.3, -0.25) is 4.79 Å². The number of thioether (sulfide) groups is 1. The van der Waals surface area contributed by atoms with Crippen molar-refractivity contribution in [3.63, 3.8) is 0 Å². The van der Waals surface area contributed by atoms with E-state index in [0.717, 1.165) is 22.6 Å². The first-order valence-corrected chi connectivity index (χ1v) is 9.92. The summed E-state index contributed by atoms with van der Waals surface area (Å²) in [5.74, 6) is 0.0139. The first kappa shape index (κ1) is 19.8. The lowest BCUT2D eigenvalue weighted by Gasteiger charge is -2.13. The topological polar surface area (TPSA) is 72.2 Å². The van der Waals surface area contributed by atoms with Gasteiger partial charge in [0.1, 0.15) is 0 Å². The number of carbonyl (C=O) groups is 1. The molecule has 1 aromatic carbocycles. The Balaban J connectivity index is 1.67. The molecule has 3 rings (SSSR count). The number of aryl methyl sites for hydroxylation is 3. The molecule has 2 aromatic heterocycles. The van der Waals surface area contributed by atoms with E-state index in [4.69, 9.17) is 0 Å². The minimum atomic E-state index is -0.197. The lowest BCUT2D eigenvalue weighted by atomic mass is 10.1. The molecule has 2 heterocycles.